The molecule has 1 rings (SSSR count). The van der Waals surface area contributed by atoms with Crippen molar-refractivity contribution in [2.45, 2.75) is 26.3 Å². The maximum atomic E-state index is 11.6. The fourth-order valence-corrected chi connectivity index (χ4v) is 1.65. The van der Waals surface area contributed by atoms with Gasteiger partial charge in [0.1, 0.15) is 6.04 Å². The molecule has 6 nitrogen and oxygen atoms in total. The molecule has 3 N–H and O–H groups in total. The van der Waals surface area contributed by atoms with E-state index in [1.807, 2.05) is 0 Å². The highest BCUT2D eigenvalue weighted by molar-refractivity contribution is 5.89. The minimum Gasteiger partial charge on any atom is -0.355 e. The van der Waals surface area contributed by atoms with E-state index in [4.69, 9.17) is 0 Å². The number of hydrogen-bond donors (Lipinski definition) is 3. The van der Waals surface area contributed by atoms with Crippen LogP contribution in [0.5, 0.6) is 0 Å². The first-order valence-corrected chi connectivity index (χ1v) is 5.46. The summed E-state index contributed by atoms with van der Waals surface area (Å²) >= 11 is 0. The maximum Gasteiger partial charge on any atom is 0.246 e. The van der Waals surface area contributed by atoms with E-state index >= 15 is 0 Å². The van der Waals surface area contributed by atoms with E-state index < -0.39 is 6.04 Å². The Bertz CT molecular complexity index is 365. The van der Waals surface area contributed by atoms with Gasteiger partial charge in [-0.05, 0) is 13.3 Å². The molecule has 0 aliphatic carbocycles. The zero-order chi connectivity index (χ0) is 13.0. The lowest BCUT2D eigenvalue weighted by Gasteiger charge is -2.16. The minimum absolute atomic E-state index is 0.123. The van der Waals surface area contributed by atoms with Crippen molar-refractivity contribution in [3.8, 4) is 0 Å². The summed E-state index contributed by atoms with van der Waals surface area (Å²) in [4.78, 5) is 33.8. The maximum absolute atomic E-state index is 11.6. The van der Waals surface area contributed by atoms with Crippen molar-refractivity contribution < 1.29 is 14.4 Å². The van der Waals surface area contributed by atoms with Crippen molar-refractivity contribution in [3.05, 3.63) is 12.3 Å². The Morgan fingerprint density at radius 2 is 2.18 bits per heavy atom. The number of hydrogen-bond acceptors (Lipinski definition) is 3. The summed E-state index contributed by atoms with van der Waals surface area (Å²) in [7, 11) is 0. The van der Waals surface area contributed by atoms with Crippen LogP contribution in [0.15, 0.2) is 12.3 Å². The molecule has 0 aromatic rings. The van der Waals surface area contributed by atoms with Crippen molar-refractivity contribution in [1.29, 1.82) is 0 Å². The molecular weight excluding hydrogens is 222 g/mol. The highest BCUT2D eigenvalue weighted by Crippen LogP contribution is 2.15. The van der Waals surface area contributed by atoms with E-state index in [2.05, 4.69) is 22.5 Å². The Balaban J connectivity index is 2.48. The fourth-order valence-electron chi connectivity index (χ4n) is 1.65. The minimum atomic E-state index is -0.645. The van der Waals surface area contributed by atoms with Gasteiger partial charge >= 0.3 is 0 Å². The highest BCUT2D eigenvalue weighted by atomic mass is 16.2. The summed E-state index contributed by atoms with van der Waals surface area (Å²) in [6.45, 7) is 7.18. The third-order valence-corrected chi connectivity index (χ3v) is 2.57. The second kappa shape index (κ2) is 5.47. The Kier molecular flexibility index (Phi) is 4.25. The molecule has 1 saturated heterocycles. The van der Waals surface area contributed by atoms with Crippen molar-refractivity contribution in [3.63, 3.8) is 0 Å². The topological polar surface area (TPSA) is 87.3 Å². The molecule has 0 unspecified atom stereocenters. The summed E-state index contributed by atoms with van der Waals surface area (Å²) in [6, 6.07) is -0.645. The van der Waals surface area contributed by atoms with E-state index in [9.17, 15) is 14.4 Å². The quantitative estimate of drug-likeness (QED) is 0.605. The zero-order valence-electron chi connectivity index (χ0n) is 10.0. The van der Waals surface area contributed by atoms with Crippen LogP contribution >= 0.6 is 0 Å². The normalized spacial score (nSPS) is 20.4. The Labute approximate surface area is 99.8 Å². The van der Waals surface area contributed by atoms with Crippen molar-refractivity contribution in [2.24, 2.45) is 5.92 Å². The van der Waals surface area contributed by atoms with Gasteiger partial charge in [0, 0.05) is 19.2 Å². The Morgan fingerprint density at radius 1 is 1.53 bits per heavy atom. The fraction of sp³-hybridized carbons (Fsp3) is 0.545. The second-order valence-corrected chi connectivity index (χ2v) is 4.07. The number of nitrogens with one attached hydrogen (secondary N) is 3. The van der Waals surface area contributed by atoms with Crippen molar-refractivity contribution in [1.82, 2.24) is 16.0 Å². The molecule has 1 aliphatic rings. The van der Waals surface area contributed by atoms with E-state index in [-0.39, 0.29) is 23.6 Å². The van der Waals surface area contributed by atoms with Crippen LogP contribution in [0.4, 0.5) is 0 Å². The zero-order valence-corrected chi connectivity index (χ0v) is 10.0. The first-order chi connectivity index (χ1) is 7.91. The van der Waals surface area contributed by atoms with Crippen LogP contribution in [0.2, 0.25) is 0 Å². The standard InChI is InChI=1S/C11H17N3O3/c1-6(9-4-5-12-11(9)17)14-10(16)7(2)13-8(3)15/h7,9H,1,4-5H2,2-3H3,(H,12,17)(H,13,15)(H,14,16)/t7-,9-/m0/s1. The van der Waals surface area contributed by atoms with Crippen LogP contribution in [0.25, 0.3) is 0 Å². The summed E-state index contributed by atoms with van der Waals surface area (Å²) in [5, 5.41) is 7.67. The van der Waals surface area contributed by atoms with Crippen LogP contribution in [0.3, 0.4) is 0 Å². The third kappa shape index (κ3) is 3.58. The first kappa shape index (κ1) is 13.2. The van der Waals surface area contributed by atoms with Gasteiger partial charge in [-0.15, -0.1) is 0 Å². The smallest absolute Gasteiger partial charge is 0.246 e. The monoisotopic (exact) mass is 239 g/mol. The third-order valence-electron chi connectivity index (χ3n) is 2.57. The molecular formula is C11H17N3O3. The van der Waals surface area contributed by atoms with Gasteiger partial charge in [0.25, 0.3) is 0 Å². The summed E-state index contributed by atoms with van der Waals surface area (Å²) in [5.41, 5.74) is 0.377. The van der Waals surface area contributed by atoms with E-state index in [0.29, 0.717) is 18.7 Å². The average molecular weight is 239 g/mol. The van der Waals surface area contributed by atoms with E-state index in [1.165, 1.54) is 6.92 Å². The summed E-state index contributed by atoms with van der Waals surface area (Å²) < 4.78 is 0. The van der Waals surface area contributed by atoms with Crippen LogP contribution in [0.1, 0.15) is 20.3 Å². The largest absolute Gasteiger partial charge is 0.355 e. The van der Waals surface area contributed by atoms with Crippen molar-refractivity contribution in [2.75, 3.05) is 6.54 Å². The van der Waals surface area contributed by atoms with Crippen LogP contribution < -0.4 is 16.0 Å². The van der Waals surface area contributed by atoms with Crippen molar-refractivity contribution >= 4 is 17.7 Å². The number of amides is 3. The SMILES string of the molecule is C=C(NC(=O)[C@H](C)NC(C)=O)[C@@H]1CCNC1=O. The Morgan fingerprint density at radius 3 is 2.65 bits per heavy atom. The lowest BCUT2D eigenvalue weighted by atomic mass is 10.0. The summed E-state index contributed by atoms with van der Waals surface area (Å²) in [6.07, 6.45) is 0.631. The predicted octanol–water partition coefficient (Wildman–Crippen LogP) is -0.723. The Hall–Kier alpha value is -1.85. The molecule has 94 valence electrons. The molecule has 2 atom stereocenters. The molecule has 0 saturated carbocycles. The number of carbonyl (C=O) groups is 3. The van der Waals surface area contributed by atoms with Gasteiger partial charge in [-0.25, -0.2) is 0 Å². The molecule has 17 heavy (non-hydrogen) atoms. The van der Waals surface area contributed by atoms with E-state index in [1.54, 1.807) is 6.92 Å². The van der Waals surface area contributed by atoms with Crippen LogP contribution in [-0.2, 0) is 14.4 Å². The molecule has 0 aromatic heterocycles. The molecule has 1 fully saturated rings. The van der Waals surface area contributed by atoms with Gasteiger partial charge in [0.05, 0.1) is 5.92 Å². The molecule has 0 radical (unpaired) electrons. The summed E-state index contributed by atoms with van der Waals surface area (Å²) in [5.74, 6) is -1.15. The van der Waals surface area contributed by atoms with Gasteiger partial charge in [-0.1, -0.05) is 6.58 Å². The molecule has 1 aliphatic heterocycles. The second-order valence-electron chi connectivity index (χ2n) is 4.07. The van der Waals surface area contributed by atoms with Gasteiger partial charge in [0.2, 0.25) is 17.7 Å². The van der Waals surface area contributed by atoms with Gasteiger partial charge < -0.3 is 16.0 Å². The van der Waals surface area contributed by atoms with Gasteiger partial charge in [-0.3, -0.25) is 14.4 Å². The van der Waals surface area contributed by atoms with Gasteiger partial charge in [0.15, 0.2) is 0 Å². The van der Waals surface area contributed by atoms with Crippen LogP contribution in [-0.4, -0.2) is 30.3 Å². The lowest BCUT2D eigenvalue weighted by molar-refractivity contribution is -0.127. The average Bonchev–Trinajstić information content (AvgIpc) is 2.63. The molecule has 0 bridgehead atoms. The molecule has 1 heterocycles. The number of rotatable bonds is 4. The highest BCUT2D eigenvalue weighted by Gasteiger charge is 2.28. The van der Waals surface area contributed by atoms with E-state index in [0.717, 1.165) is 0 Å². The molecule has 6 heteroatoms. The van der Waals surface area contributed by atoms with Crippen LogP contribution in [0, 0.1) is 5.92 Å². The molecule has 0 spiro atoms. The molecule has 0 aromatic carbocycles. The molecule has 3 amide bonds. The predicted molar refractivity (Wildman–Crippen MR) is 61.7 cm³/mol. The number of carbonyl (C=O) groups excluding carboxylic acids is 3. The first-order valence-electron chi connectivity index (χ1n) is 5.46. The van der Waals surface area contributed by atoms with Gasteiger partial charge in [-0.2, -0.15) is 0 Å². The lowest BCUT2D eigenvalue weighted by Crippen LogP contribution is -2.44.